The molecular weight excluding hydrogens is 307 g/mol. The molecule has 6 nitrogen and oxygen atoms in total. The van der Waals surface area contributed by atoms with Gasteiger partial charge in [-0.15, -0.1) is 0 Å². The number of halogens is 1. The van der Waals surface area contributed by atoms with Crippen molar-refractivity contribution in [3.63, 3.8) is 0 Å². The van der Waals surface area contributed by atoms with Crippen LogP contribution in [0.3, 0.4) is 0 Å². The lowest BCUT2D eigenvalue weighted by Gasteiger charge is -2.40. The molecule has 1 atom stereocenters. The molecule has 0 unspecified atom stereocenters. The summed E-state index contributed by atoms with van der Waals surface area (Å²) in [6.45, 7) is 4.40. The summed E-state index contributed by atoms with van der Waals surface area (Å²) in [5, 5.41) is 0. The SMILES string of the molecule is CCS(=O)(=O)N1CC[C@]2(CCCN(c3ncc(F)cn3)C2)C1. The van der Waals surface area contributed by atoms with Crippen molar-refractivity contribution in [2.45, 2.75) is 26.2 Å². The van der Waals surface area contributed by atoms with Gasteiger partial charge in [0.2, 0.25) is 16.0 Å². The Morgan fingerprint density at radius 2 is 1.95 bits per heavy atom. The highest BCUT2D eigenvalue weighted by molar-refractivity contribution is 7.89. The van der Waals surface area contributed by atoms with Gasteiger partial charge in [0.25, 0.3) is 0 Å². The molecule has 0 aliphatic carbocycles. The maximum Gasteiger partial charge on any atom is 0.225 e. The molecule has 122 valence electrons. The molecule has 0 amide bonds. The minimum atomic E-state index is -3.13. The Kier molecular flexibility index (Phi) is 4.07. The number of piperidine rings is 1. The Bertz CT molecular complexity index is 637. The first-order valence-corrected chi connectivity index (χ1v) is 9.25. The molecule has 2 fully saturated rings. The van der Waals surface area contributed by atoms with E-state index in [-0.39, 0.29) is 11.2 Å². The summed E-state index contributed by atoms with van der Waals surface area (Å²) in [5.41, 5.74) is -0.0295. The van der Waals surface area contributed by atoms with Crippen LogP contribution in [0.25, 0.3) is 0 Å². The fraction of sp³-hybridized carbons (Fsp3) is 0.714. The predicted octanol–water partition coefficient (Wildman–Crippen LogP) is 1.26. The molecule has 2 aliphatic heterocycles. The monoisotopic (exact) mass is 328 g/mol. The highest BCUT2D eigenvalue weighted by Gasteiger charge is 2.44. The van der Waals surface area contributed by atoms with Gasteiger partial charge in [-0.2, -0.15) is 0 Å². The third-order valence-corrected chi connectivity index (χ3v) is 6.54. The summed E-state index contributed by atoms with van der Waals surface area (Å²) in [4.78, 5) is 10.1. The average Bonchev–Trinajstić information content (AvgIpc) is 2.92. The molecule has 3 heterocycles. The minimum absolute atomic E-state index is 0.0295. The molecule has 22 heavy (non-hydrogen) atoms. The maximum absolute atomic E-state index is 13.0. The van der Waals surface area contributed by atoms with E-state index in [0.29, 0.717) is 19.0 Å². The van der Waals surface area contributed by atoms with E-state index < -0.39 is 15.8 Å². The van der Waals surface area contributed by atoms with Gasteiger partial charge < -0.3 is 4.90 Å². The number of rotatable bonds is 3. The van der Waals surface area contributed by atoms with E-state index in [0.717, 1.165) is 32.4 Å². The smallest absolute Gasteiger partial charge is 0.225 e. The third-order valence-electron chi connectivity index (χ3n) is 4.71. The van der Waals surface area contributed by atoms with Crippen LogP contribution < -0.4 is 4.90 Å². The van der Waals surface area contributed by atoms with Gasteiger partial charge in [0.05, 0.1) is 18.1 Å². The Morgan fingerprint density at radius 3 is 2.64 bits per heavy atom. The molecule has 0 N–H and O–H groups in total. The van der Waals surface area contributed by atoms with Crippen molar-refractivity contribution >= 4 is 16.0 Å². The van der Waals surface area contributed by atoms with Crippen molar-refractivity contribution in [1.82, 2.24) is 14.3 Å². The van der Waals surface area contributed by atoms with Gasteiger partial charge in [0.1, 0.15) is 0 Å². The molecule has 2 aliphatic rings. The van der Waals surface area contributed by atoms with Crippen LogP contribution in [0.2, 0.25) is 0 Å². The second-order valence-electron chi connectivity index (χ2n) is 6.21. The fourth-order valence-electron chi connectivity index (χ4n) is 3.49. The molecule has 0 saturated carbocycles. The first-order chi connectivity index (χ1) is 10.4. The quantitative estimate of drug-likeness (QED) is 0.836. The predicted molar refractivity (Wildman–Crippen MR) is 81.5 cm³/mol. The van der Waals surface area contributed by atoms with Crippen molar-refractivity contribution < 1.29 is 12.8 Å². The molecule has 8 heteroatoms. The van der Waals surface area contributed by atoms with Gasteiger partial charge in [0.15, 0.2) is 5.82 Å². The fourth-order valence-corrected chi connectivity index (χ4v) is 4.70. The van der Waals surface area contributed by atoms with E-state index in [1.807, 2.05) is 4.90 Å². The van der Waals surface area contributed by atoms with Crippen LogP contribution >= 0.6 is 0 Å². The Labute approximate surface area is 130 Å². The number of hydrogen-bond acceptors (Lipinski definition) is 5. The summed E-state index contributed by atoms with van der Waals surface area (Å²) < 4.78 is 38.7. The molecular formula is C14H21FN4O2S. The molecule has 2 saturated heterocycles. The van der Waals surface area contributed by atoms with Gasteiger partial charge in [-0.1, -0.05) is 0 Å². The van der Waals surface area contributed by atoms with Crippen LogP contribution in [-0.2, 0) is 10.0 Å². The first kappa shape index (κ1) is 15.6. The largest absolute Gasteiger partial charge is 0.340 e. The van der Waals surface area contributed by atoms with E-state index in [4.69, 9.17) is 0 Å². The molecule has 0 radical (unpaired) electrons. The lowest BCUT2D eigenvalue weighted by atomic mass is 9.79. The molecule has 0 bridgehead atoms. The van der Waals surface area contributed by atoms with Crippen molar-refractivity contribution in [3.8, 4) is 0 Å². The Balaban J connectivity index is 1.75. The van der Waals surface area contributed by atoms with Gasteiger partial charge in [-0.25, -0.2) is 27.1 Å². The molecule has 3 rings (SSSR count). The van der Waals surface area contributed by atoms with E-state index in [2.05, 4.69) is 9.97 Å². The van der Waals surface area contributed by atoms with E-state index in [9.17, 15) is 12.8 Å². The molecule has 1 spiro atoms. The normalized spacial score (nSPS) is 26.7. The average molecular weight is 328 g/mol. The topological polar surface area (TPSA) is 66.4 Å². The molecule has 1 aromatic rings. The van der Waals surface area contributed by atoms with E-state index in [1.54, 1.807) is 11.2 Å². The van der Waals surface area contributed by atoms with Crippen molar-refractivity contribution in [2.24, 2.45) is 5.41 Å². The highest BCUT2D eigenvalue weighted by atomic mass is 32.2. The van der Waals surface area contributed by atoms with Crippen LogP contribution in [-0.4, -0.2) is 54.6 Å². The second-order valence-corrected chi connectivity index (χ2v) is 8.47. The number of sulfonamides is 1. The van der Waals surface area contributed by atoms with Crippen molar-refractivity contribution in [1.29, 1.82) is 0 Å². The first-order valence-electron chi connectivity index (χ1n) is 7.64. The Morgan fingerprint density at radius 1 is 1.23 bits per heavy atom. The summed E-state index contributed by atoms with van der Waals surface area (Å²) in [6.07, 6.45) is 5.20. The summed E-state index contributed by atoms with van der Waals surface area (Å²) in [6, 6.07) is 0. The second kappa shape index (κ2) is 5.73. The highest BCUT2D eigenvalue weighted by Crippen LogP contribution is 2.40. The zero-order chi connectivity index (χ0) is 15.8. The van der Waals surface area contributed by atoms with Gasteiger partial charge >= 0.3 is 0 Å². The van der Waals surface area contributed by atoms with Crippen LogP contribution in [0.5, 0.6) is 0 Å². The number of aromatic nitrogens is 2. The summed E-state index contributed by atoms with van der Waals surface area (Å²) >= 11 is 0. The maximum atomic E-state index is 13.0. The zero-order valence-electron chi connectivity index (χ0n) is 12.7. The van der Waals surface area contributed by atoms with Gasteiger partial charge in [-0.05, 0) is 26.2 Å². The molecule has 0 aromatic carbocycles. The molecule has 1 aromatic heterocycles. The summed E-state index contributed by atoms with van der Waals surface area (Å²) in [7, 11) is -3.13. The van der Waals surface area contributed by atoms with Crippen LogP contribution in [0.1, 0.15) is 26.2 Å². The third kappa shape index (κ3) is 2.94. The zero-order valence-corrected chi connectivity index (χ0v) is 13.5. The van der Waals surface area contributed by atoms with Crippen LogP contribution in [0.15, 0.2) is 12.4 Å². The van der Waals surface area contributed by atoms with Gasteiger partial charge in [-0.3, -0.25) is 0 Å². The number of anilines is 1. The van der Waals surface area contributed by atoms with Crippen molar-refractivity contribution in [2.75, 3.05) is 36.8 Å². The van der Waals surface area contributed by atoms with Crippen LogP contribution in [0.4, 0.5) is 10.3 Å². The number of nitrogens with zero attached hydrogens (tertiary/aromatic N) is 4. The van der Waals surface area contributed by atoms with E-state index >= 15 is 0 Å². The van der Waals surface area contributed by atoms with Crippen LogP contribution in [0, 0.1) is 11.2 Å². The van der Waals surface area contributed by atoms with Crippen molar-refractivity contribution in [3.05, 3.63) is 18.2 Å². The standard InChI is InChI=1S/C14H21FN4O2S/c1-2-22(20,21)19-7-5-14(11-19)4-3-6-18(10-14)13-16-8-12(15)9-17-13/h8-9H,2-7,10-11H2,1H3/t14-/m0/s1. The lowest BCUT2D eigenvalue weighted by molar-refractivity contribution is 0.246. The lowest BCUT2D eigenvalue weighted by Crippen LogP contribution is -2.46. The minimum Gasteiger partial charge on any atom is -0.340 e. The number of hydrogen-bond donors (Lipinski definition) is 0. The summed E-state index contributed by atoms with van der Waals surface area (Å²) in [5.74, 6) is 0.224. The Hall–Kier alpha value is -1.28. The van der Waals surface area contributed by atoms with Gasteiger partial charge in [0, 0.05) is 31.6 Å². The van der Waals surface area contributed by atoms with E-state index in [1.165, 1.54) is 12.4 Å².